The maximum atomic E-state index is 10.3. The predicted octanol–water partition coefficient (Wildman–Crippen LogP) is 1.25. The molecule has 2 saturated heterocycles. The van der Waals surface area contributed by atoms with E-state index in [0.29, 0.717) is 7.37 Å². The zero-order valence-corrected chi connectivity index (χ0v) is 12.4. The van der Waals surface area contributed by atoms with Crippen LogP contribution in [0.2, 0.25) is 0 Å². The monoisotopic (exact) mass is 254 g/mol. The Kier molecular flexibility index (Phi) is 3.18. The second-order valence-electron chi connectivity index (χ2n) is 7.01. The van der Waals surface area contributed by atoms with E-state index in [-0.39, 0.29) is 18.2 Å². The van der Waals surface area contributed by atoms with Gasteiger partial charge in [-0.05, 0) is 54.4 Å². The summed E-state index contributed by atoms with van der Waals surface area (Å²) >= 11 is 0. The molecule has 18 heavy (non-hydrogen) atoms. The van der Waals surface area contributed by atoms with Gasteiger partial charge in [0.05, 0.1) is 22.4 Å². The van der Waals surface area contributed by atoms with Crippen LogP contribution in [0.15, 0.2) is 0 Å². The van der Waals surface area contributed by atoms with Crippen molar-refractivity contribution in [2.75, 3.05) is 0 Å². The number of aliphatic hydroxyl groups is 1. The molecule has 0 aromatic rings. The Bertz CT molecular complexity index is 341. The molecule has 4 nitrogen and oxygen atoms in total. The number of hydrogen-bond donors (Lipinski definition) is 1. The van der Waals surface area contributed by atoms with Gasteiger partial charge in [-0.3, -0.25) is 0 Å². The summed E-state index contributed by atoms with van der Waals surface area (Å²) in [7, 11) is 0.0199. The SMILES string of the molecule is CC(C)(O)C1(C)CCC2(C)OB(BO1)OC2(C)C. The Morgan fingerprint density at radius 3 is 2.28 bits per heavy atom. The first-order valence-electron chi connectivity index (χ1n) is 6.71. The molecule has 2 unspecified atom stereocenters. The van der Waals surface area contributed by atoms with Gasteiger partial charge in [-0.1, -0.05) is 0 Å². The molecular weight excluding hydrogens is 230 g/mol. The van der Waals surface area contributed by atoms with Gasteiger partial charge in [0.15, 0.2) is 0 Å². The minimum Gasteiger partial charge on any atom is -0.433 e. The summed E-state index contributed by atoms with van der Waals surface area (Å²) in [5, 5.41) is 10.3. The van der Waals surface area contributed by atoms with E-state index < -0.39 is 11.2 Å². The Morgan fingerprint density at radius 1 is 1.11 bits per heavy atom. The molecule has 0 saturated carbocycles. The van der Waals surface area contributed by atoms with Crippen LogP contribution in [0.1, 0.15) is 54.4 Å². The average Bonchev–Trinajstić information content (AvgIpc) is 2.42. The van der Waals surface area contributed by atoms with Crippen LogP contribution in [0, 0.1) is 0 Å². The largest absolute Gasteiger partial charge is 0.441 e. The van der Waals surface area contributed by atoms with Crippen LogP contribution in [0.3, 0.4) is 0 Å². The first-order chi connectivity index (χ1) is 7.99. The molecule has 0 radical (unpaired) electrons. The maximum absolute atomic E-state index is 10.3. The molecule has 2 atom stereocenters. The van der Waals surface area contributed by atoms with Crippen LogP contribution >= 0.6 is 0 Å². The van der Waals surface area contributed by atoms with E-state index in [4.69, 9.17) is 14.0 Å². The van der Waals surface area contributed by atoms with Crippen LogP contribution < -0.4 is 0 Å². The molecule has 1 N–H and O–H groups in total. The summed E-state index contributed by atoms with van der Waals surface area (Å²) in [6.45, 7) is 11.8. The minimum atomic E-state index is -0.885. The van der Waals surface area contributed by atoms with Crippen molar-refractivity contribution in [3.8, 4) is 0 Å². The smallest absolute Gasteiger partial charge is 0.433 e. The normalized spacial score (nSPS) is 40.1. The van der Waals surface area contributed by atoms with Gasteiger partial charge in [-0.15, -0.1) is 0 Å². The van der Waals surface area contributed by atoms with Crippen LogP contribution in [-0.4, -0.2) is 41.9 Å². The lowest BCUT2D eigenvalue weighted by Crippen LogP contribution is -2.55. The van der Waals surface area contributed by atoms with Crippen molar-refractivity contribution in [1.82, 2.24) is 0 Å². The third-order valence-corrected chi connectivity index (χ3v) is 5.00. The number of fused-ring (bicyclic) bond motifs is 2. The quantitative estimate of drug-likeness (QED) is 0.715. The molecule has 0 aromatic heterocycles. The standard InChI is InChI=1S/C12H24B2O4/c1-9(2,15)11(5)7-8-12(6)10(3,4)17-14(18-12)13-16-11/h13,15H,7-8H2,1-6H3. The molecule has 2 aliphatic rings. The average molecular weight is 254 g/mol. The highest BCUT2D eigenvalue weighted by molar-refractivity contribution is 7.03. The molecule has 2 heterocycles. The van der Waals surface area contributed by atoms with Crippen molar-refractivity contribution < 1.29 is 19.1 Å². The fourth-order valence-corrected chi connectivity index (χ4v) is 2.62. The van der Waals surface area contributed by atoms with Crippen LogP contribution in [0.25, 0.3) is 0 Å². The van der Waals surface area contributed by atoms with E-state index in [2.05, 4.69) is 20.8 Å². The van der Waals surface area contributed by atoms with Gasteiger partial charge in [-0.2, -0.15) is 0 Å². The van der Waals surface area contributed by atoms with Crippen molar-refractivity contribution in [3.05, 3.63) is 0 Å². The Balaban J connectivity index is 2.25. The Hall–Kier alpha value is -0.0301. The van der Waals surface area contributed by atoms with Crippen molar-refractivity contribution in [2.24, 2.45) is 0 Å². The molecule has 102 valence electrons. The summed E-state index contributed by atoms with van der Waals surface area (Å²) in [5.41, 5.74) is -2.11. The lowest BCUT2D eigenvalue weighted by Gasteiger charge is -2.45. The lowest BCUT2D eigenvalue weighted by molar-refractivity contribution is -0.120. The third kappa shape index (κ3) is 2.13. The molecule has 0 spiro atoms. The second kappa shape index (κ2) is 3.98. The molecule has 0 amide bonds. The van der Waals surface area contributed by atoms with Gasteiger partial charge in [0.1, 0.15) is 0 Å². The molecule has 2 aliphatic heterocycles. The third-order valence-electron chi connectivity index (χ3n) is 5.00. The van der Waals surface area contributed by atoms with Gasteiger partial charge in [-0.25, -0.2) is 0 Å². The summed E-state index contributed by atoms with van der Waals surface area (Å²) in [6.07, 6.45) is 1.55. The highest BCUT2D eigenvalue weighted by Crippen LogP contribution is 2.45. The lowest BCUT2D eigenvalue weighted by atomic mass is 9.55. The van der Waals surface area contributed by atoms with Crippen LogP contribution in [0.5, 0.6) is 0 Å². The highest BCUT2D eigenvalue weighted by atomic mass is 16.7. The van der Waals surface area contributed by atoms with E-state index in [0.717, 1.165) is 12.8 Å². The summed E-state index contributed by atoms with van der Waals surface area (Å²) < 4.78 is 17.8. The van der Waals surface area contributed by atoms with E-state index in [1.54, 1.807) is 13.8 Å². The fraction of sp³-hybridized carbons (Fsp3) is 1.00. The summed E-state index contributed by atoms with van der Waals surface area (Å²) in [4.78, 5) is 0. The fourth-order valence-electron chi connectivity index (χ4n) is 2.62. The van der Waals surface area contributed by atoms with Gasteiger partial charge in [0, 0.05) is 0 Å². The van der Waals surface area contributed by atoms with Gasteiger partial charge < -0.3 is 19.1 Å². The Morgan fingerprint density at radius 2 is 1.72 bits per heavy atom. The molecule has 2 rings (SSSR count). The second-order valence-corrected chi connectivity index (χ2v) is 7.01. The van der Waals surface area contributed by atoms with E-state index in [1.807, 2.05) is 6.92 Å². The molecule has 0 aliphatic carbocycles. The van der Waals surface area contributed by atoms with E-state index in [1.165, 1.54) is 0 Å². The topological polar surface area (TPSA) is 47.9 Å². The molecule has 2 fully saturated rings. The first kappa shape index (κ1) is 14.4. The van der Waals surface area contributed by atoms with Crippen molar-refractivity contribution in [2.45, 2.75) is 76.8 Å². The Labute approximate surface area is 111 Å². The highest BCUT2D eigenvalue weighted by Gasteiger charge is 2.57. The van der Waals surface area contributed by atoms with Crippen molar-refractivity contribution in [3.63, 3.8) is 0 Å². The minimum absolute atomic E-state index is 0.325. The summed E-state index contributed by atoms with van der Waals surface area (Å²) in [5.74, 6) is 0. The van der Waals surface area contributed by atoms with Crippen molar-refractivity contribution in [1.29, 1.82) is 0 Å². The predicted molar refractivity (Wildman–Crippen MR) is 72.6 cm³/mol. The van der Waals surface area contributed by atoms with E-state index in [9.17, 15) is 5.11 Å². The number of rotatable bonds is 1. The van der Waals surface area contributed by atoms with Gasteiger partial charge in [0.25, 0.3) is 0 Å². The van der Waals surface area contributed by atoms with Gasteiger partial charge >= 0.3 is 14.4 Å². The van der Waals surface area contributed by atoms with Crippen LogP contribution in [0.4, 0.5) is 0 Å². The molecule has 2 bridgehead atoms. The van der Waals surface area contributed by atoms with E-state index >= 15 is 0 Å². The zero-order chi connectivity index (χ0) is 13.8. The summed E-state index contributed by atoms with van der Waals surface area (Å²) in [6, 6.07) is 0. The van der Waals surface area contributed by atoms with Crippen LogP contribution in [-0.2, 0) is 14.0 Å². The maximum Gasteiger partial charge on any atom is 0.441 e. The molecule has 0 aromatic carbocycles. The van der Waals surface area contributed by atoms with Gasteiger partial charge in [0.2, 0.25) is 0 Å². The molecular formula is C12H24B2O4. The zero-order valence-electron chi connectivity index (χ0n) is 12.4. The van der Waals surface area contributed by atoms with Crippen molar-refractivity contribution >= 4 is 14.4 Å². The first-order valence-corrected chi connectivity index (χ1v) is 6.71. The molecule has 6 heteroatoms. The number of hydrogen-bond acceptors (Lipinski definition) is 4.